The largest absolute Gasteiger partial charge is 0.446 e. The normalized spacial score (nSPS) is 12.0. The Morgan fingerprint density at radius 1 is 1.48 bits per heavy atom. The number of rotatable bonds is 5. The van der Waals surface area contributed by atoms with Crippen molar-refractivity contribution in [1.29, 1.82) is 0 Å². The molecule has 2 rings (SSSR count). The molecule has 114 valence electrons. The lowest BCUT2D eigenvalue weighted by atomic mass is 10.1. The van der Waals surface area contributed by atoms with Crippen molar-refractivity contribution in [3.8, 4) is 11.5 Å². The van der Waals surface area contributed by atoms with Gasteiger partial charge in [0.15, 0.2) is 10.8 Å². The summed E-state index contributed by atoms with van der Waals surface area (Å²) in [7, 11) is -4.46. The summed E-state index contributed by atoms with van der Waals surface area (Å²) in [5, 5.41) is 0.148. The monoisotopic (exact) mass is 330 g/mol. The summed E-state index contributed by atoms with van der Waals surface area (Å²) < 4.78 is 16.3. The minimum absolute atomic E-state index is 0.148. The van der Waals surface area contributed by atoms with Gasteiger partial charge in [-0.2, -0.15) is 0 Å². The van der Waals surface area contributed by atoms with Crippen LogP contribution in [0.25, 0.3) is 11.5 Å². The Labute approximate surface area is 125 Å². The quantitative estimate of drug-likeness (QED) is 0.713. The second kappa shape index (κ2) is 5.73. The lowest BCUT2D eigenvalue weighted by molar-refractivity contribution is 0.1000. The minimum atomic E-state index is -4.46. The first-order valence-electron chi connectivity index (χ1n) is 6.14. The van der Waals surface area contributed by atoms with Crippen LogP contribution in [0.15, 0.2) is 16.5 Å². The number of hydrogen-bond donors (Lipinski definition) is 3. The zero-order valence-electron chi connectivity index (χ0n) is 11.4. The van der Waals surface area contributed by atoms with Crippen molar-refractivity contribution in [1.82, 2.24) is 4.98 Å². The molecule has 0 saturated carbocycles. The maximum absolute atomic E-state index is 11.3. The molecule has 4 N–H and O–H groups in total. The Morgan fingerprint density at radius 3 is 2.62 bits per heavy atom. The first-order valence-corrected chi connectivity index (χ1v) is 8.57. The molecule has 0 radical (unpaired) electrons. The number of amides is 1. The molecule has 21 heavy (non-hydrogen) atoms. The molecule has 0 aliphatic rings. The van der Waals surface area contributed by atoms with E-state index in [9.17, 15) is 9.36 Å². The number of thiazole rings is 1. The van der Waals surface area contributed by atoms with E-state index in [-0.39, 0.29) is 10.8 Å². The molecule has 0 fully saturated rings. The first kappa shape index (κ1) is 15.9. The fourth-order valence-electron chi connectivity index (χ4n) is 1.77. The Kier molecular flexibility index (Phi) is 4.34. The SMILES string of the molecule is CC(C)Cc1sc(C(N)=O)nc1-c1ccc(P(=O)(O)O)o1. The highest BCUT2D eigenvalue weighted by atomic mass is 32.1. The van der Waals surface area contributed by atoms with Crippen molar-refractivity contribution in [2.75, 3.05) is 0 Å². The van der Waals surface area contributed by atoms with E-state index < -0.39 is 19.0 Å². The van der Waals surface area contributed by atoms with Crippen LogP contribution in [0.3, 0.4) is 0 Å². The number of aromatic nitrogens is 1. The van der Waals surface area contributed by atoms with Crippen LogP contribution in [0.2, 0.25) is 0 Å². The van der Waals surface area contributed by atoms with Gasteiger partial charge in [0, 0.05) is 4.88 Å². The smallest absolute Gasteiger partial charge is 0.391 e. The minimum Gasteiger partial charge on any atom is -0.446 e. The highest BCUT2D eigenvalue weighted by Crippen LogP contribution is 2.37. The molecule has 2 heterocycles. The van der Waals surface area contributed by atoms with Crippen LogP contribution in [0, 0.1) is 5.92 Å². The molecular formula is C12H15N2O5PS. The predicted octanol–water partition coefficient (Wildman–Crippen LogP) is 1.50. The van der Waals surface area contributed by atoms with Gasteiger partial charge in [0.1, 0.15) is 5.69 Å². The van der Waals surface area contributed by atoms with Gasteiger partial charge in [0.25, 0.3) is 5.91 Å². The summed E-state index contributed by atoms with van der Waals surface area (Å²) in [6.07, 6.45) is 0.659. The average molecular weight is 330 g/mol. The fraction of sp³-hybridized carbons (Fsp3) is 0.333. The molecule has 0 bridgehead atoms. The van der Waals surface area contributed by atoms with Crippen LogP contribution in [0.1, 0.15) is 28.5 Å². The molecule has 0 aromatic carbocycles. The van der Waals surface area contributed by atoms with E-state index in [2.05, 4.69) is 4.98 Å². The van der Waals surface area contributed by atoms with Gasteiger partial charge in [-0.15, -0.1) is 11.3 Å². The lowest BCUT2D eigenvalue weighted by Gasteiger charge is -2.03. The fourth-order valence-corrected chi connectivity index (χ4v) is 3.39. The Hall–Kier alpha value is -1.47. The van der Waals surface area contributed by atoms with E-state index in [1.165, 1.54) is 23.5 Å². The van der Waals surface area contributed by atoms with Crippen molar-refractivity contribution in [2.24, 2.45) is 11.7 Å². The maximum atomic E-state index is 11.3. The van der Waals surface area contributed by atoms with Crippen molar-refractivity contribution >= 4 is 30.3 Å². The summed E-state index contributed by atoms with van der Waals surface area (Å²) in [6.45, 7) is 4.02. The van der Waals surface area contributed by atoms with Crippen LogP contribution < -0.4 is 11.2 Å². The molecule has 0 spiro atoms. The third-order valence-corrected chi connectivity index (χ3v) is 4.52. The van der Waals surface area contributed by atoms with E-state index in [4.69, 9.17) is 19.9 Å². The molecule has 9 heteroatoms. The van der Waals surface area contributed by atoms with Crippen LogP contribution in [-0.2, 0) is 11.0 Å². The standard InChI is InChI=1S/C12H15N2O5PS/c1-6(2)5-8-10(14-12(21-8)11(13)15)7-3-4-9(19-7)20(16,17)18/h3-4,6H,5H2,1-2H3,(H2,13,15)(H2,16,17,18). The third-order valence-electron chi connectivity index (χ3n) is 2.61. The van der Waals surface area contributed by atoms with Crippen LogP contribution in [-0.4, -0.2) is 20.7 Å². The molecule has 2 aromatic heterocycles. The summed E-state index contributed by atoms with van der Waals surface area (Å²) in [4.78, 5) is 34.4. The Morgan fingerprint density at radius 2 is 2.14 bits per heavy atom. The van der Waals surface area contributed by atoms with Crippen LogP contribution >= 0.6 is 18.9 Å². The molecule has 1 amide bonds. The van der Waals surface area contributed by atoms with Gasteiger partial charge in [-0.3, -0.25) is 9.36 Å². The summed E-state index contributed by atoms with van der Waals surface area (Å²) in [5.41, 5.74) is 5.21. The van der Waals surface area contributed by atoms with Gasteiger partial charge in [-0.25, -0.2) is 4.98 Å². The Bertz CT molecular complexity index is 715. The number of carbonyl (C=O) groups is 1. The number of carbonyl (C=O) groups excluding carboxylic acids is 1. The van der Waals surface area contributed by atoms with E-state index in [0.717, 1.165) is 4.88 Å². The second-order valence-corrected chi connectivity index (χ2v) is 7.55. The lowest BCUT2D eigenvalue weighted by Crippen LogP contribution is -2.10. The molecule has 0 saturated heterocycles. The van der Waals surface area contributed by atoms with Gasteiger partial charge < -0.3 is 19.9 Å². The van der Waals surface area contributed by atoms with Crippen molar-refractivity contribution in [3.05, 3.63) is 22.0 Å². The summed E-state index contributed by atoms with van der Waals surface area (Å²) >= 11 is 1.17. The van der Waals surface area contributed by atoms with Gasteiger partial charge >= 0.3 is 7.60 Å². The van der Waals surface area contributed by atoms with E-state index >= 15 is 0 Å². The van der Waals surface area contributed by atoms with Crippen molar-refractivity contribution < 1.29 is 23.6 Å². The second-order valence-electron chi connectivity index (χ2n) is 4.93. The number of nitrogens with two attached hydrogens (primary N) is 1. The van der Waals surface area contributed by atoms with E-state index in [0.29, 0.717) is 18.0 Å². The molecule has 0 aliphatic heterocycles. The van der Waals surface area contributed by atoms with Gasteiger partial charge in [-0.05, 0) is 24.5 Å². The molecule has 0 atom stereocenters. The van der Waals surface area contributed by atoms with Crippen LogP contribution in [0.5, 0.6) is 0 Å². The maximum Gasteiger partial charge on any atom is 0.391 e. The Balaban J connectivity index is 2.49. The predicted molar refractivity (Wildman–Crippen MR) is 78.6 cm³/mol. The zero-order chi connectivity index (χ0) is 15.8. The van der Waals surface area contributed by atoms with Crippen molar-refractivity contribution in [3.63, 3.8) is 0 Å². The molecule has 7 nitrogen and oxygen atoms in total. The first-order chi connectivity index (χ1) is 9.68. The highest BCUT2D eigenvalue weighted by molar-refractivity contribution is 7.59. The molecular weight excluding hydrogens is 315 g/mol. The van der Waals surface area contributed by atoms with Crippen LogP contribution in [0.4, 0.5) is 0 Å². The third kappa shape index (κ3) is 3.59. The number of primary amides is 1. The van der Waals surface area contributed by atoms with E-state index in [1.54, 1.807) is 0 Å². The highest BCUT2D eigenvalue weighted by Gasteiger charge is 2.25. The number of hydrogen-bond acceptors (Lipinski definition) is 5. The molecule has 2 aromatic rings. The number of nitrogens with zero attached hydrogens (tertiary/aromatic N) is 1. The number of furan rings is 1. The average Bonchev–Trinajstić information content (AvgIpc) is 2.92. The van der Waals surface area contributed by atoms with E-state index in [1.807, 2.05) is 13.8 Å². The van der Waals surface area contributed by atoms with Crippen molar-refractivity contribution in [2.45, 2.75) is 20.3 Å². The zero-order valence-corrected chi connectivity index (χ0v) is 13.1. The summed E-state index contributed by atoms with van der Waals surface area (Å²) in [6, 6.07) is 2.64. The summed E-state index contributed by atoms with van der Waals surface area (Å²) in [5.74, 6) is -0.105. The molecule has 0 aliphatic carbocycles. The van der Waals surface area contributed by atoms with Gasteiger partial charge in [0.05, 0.1) is 0 Å². The van der Waals surface area contributed by atoms with Gasteiger partial charge in [0.2, 0.25) is 5.50 Å². The topological polar surface area (TPSA) is 127 Å². The molecule has 0 unspecified atom stereocenters. The van der Waals surface area contributed by atoms with Gasteiger partial charge in [-0.1, -0.05) is 13.8 Å².